The van der Waals surface area contributed by atoms with Gasteiger partial charge in [0.25, 0.3) is 0 Å². The smallest absolute Gasteiger partial charge is 0.218 e. The summed E-state index contributed by atoms with van der Waals surface area (Å²) in [7, 11) is 0. The molecular weight excluding hydrogens is 242 g/mol. The van der Waals surface area contributed by atoms with E-state index < -0.39 is 0 Å². The third-order valence-corrected chi connectivity index (χ3v) is 2.35. The summed E-state index contributed by atoms with van der Waals surface area (Å²) >= 11 is 0. The number of rotatable bonds is 7. The van der Waals surface area contributed by atoms with Crippen molar-refractivity contribution in [2.45, 2.75) is 6.92 Å². The van der Waals surface area contributed by atoms with Gasteiger partial charge in [0.1, 0.15) is 31.1 Å². The number of ether oxygens (including phenoxy) is 2. The molecule has 0 amide bonds. The fraction of sp³-hybridized carbons (Fsp3) is 0.286. The van der Waals surface area contributed by atoms with Gasteiger partial charge in [-0.25, -0.2) is 9.97 Å². The number of nitrogens with zero attached hydrogens (tertiary/aromatic N) is 2. The summed E-state index contributed by atoms with van der Waals surface area (Å²) in [5.74, 6) is 2.14. The zero-order valence-corrected chi connectivity index (χ0v) is 10.9. The van der Waals surface area contributed by atoms with Crippen LogP contribution in [0.2, 0.25) is 0 Å². The Hall–Kier alpha value is -2.30. The summed E-state index contributed by atoms with van der Waals surface area (Å²) in [5.41, 5.74) is 0. The molecule has 0 atom stereocenters. The zero-order chi connectivity index (χ0) is 13.3. The highest BCUT2D eigenvalue weighted by atomic mass is 16.5. The number of para-hydroxylation sites is 1. The van der Waals surface area contributed by atoms with Gasteiger partial charge < -0.3 is 14.8 Å². The van der Waals surface area contributed by atoms with Crippen LogP contribution in [0.15, 0.2) is 42.7 Å². The number of hydrogen-bond acceptors (Lipinski definition) is 5. The molecule has 1 aromatic carbocycles. The maximum absolute atomic E-state index is 5.52. The van der Waals surface area contributed by atoms with Gasteiger partial charge in [-0.05, 0) is 19.1 Å². The van der Waals surface area contributed by atoms with Crippen LogP contribution >= 0.6 is 0 Å². The van der Waals surface area contributed by atoms with Crippen molar-refractivity contribution < 1.29 is 9.47 Å². The van der Waals surface area contributed by atoms with Crippen LogP contribution in [-0.2, 0) is 0 Å². The van der Waals surface area contributed by atoms with E-state index >= 15 is 0 Å². The van der Waals surface area contributed by atoms with Crippen LogP contribution in [0.1, 0.15) is 6.92 Å². The summed E-state index contributed by atoms with van der Waals surface area (Å²) in [5, 5.41) is 3.10. The molecule has 19 heavy (non-hydrogen) atoms. The molecule has 1 aromatic heterocycles. The van der Waals surface area contributed by atoms with Crippen molar-refractivity contribution in [3.63, 3.8) is 0 Å². The Morgan fingerprint density at radius 1 is 1.05 bits per heavy atom. The van der Waals surface area contributed by atoms with Crippen LogP contribution in [0.3, 0.4) is 0 Å². The van der Waals surface area contributed by atoms with Crippen molar-refractivity contribution in [1.29, 1.82) is 0 Å². The minimum Gasteiger partial charge on any atom is -0.490 e. The lowest BCUT2D eigenvalue weighted by Crippen LogP contribution is -2.10. The van der Waals surface area contributed by atoms with E-state index in [1.54, 1.807) is 6.07 Å². The van der Waals surface area contributed by atoms with Gasteiger partial charge >= 0.3 is 0 Å². The summed E-state index contributed by atoms with van der Waals surface area (Å²) in [4.78, 5) is 8.11. The molecule has 0 bridgehead atoms. The molecule has 0 spiro atoms. The van der Waals surface area contributed by atoms with E-state index in [-0.39, 0.29) is 0 Å². The summed E-state index contributed by atoms with van der Waals surface area (Å²) in [6.07, 6.45) is 1.48. The minimum atomic E-state index is 0.442. The van der Waals surface area contributed by atoms with E-state index in [4.69, 9.17) is 9.47 Å². The Morgan fingerprint density at radius 2 is 1.84 bits per heavy atom. The van der Waals surface area contributed by atoms with E-state index in [0.717, 1.165) is 18.1 Å². The van der Waals surface area contributed by atoms with E-state index in [1.807, 2.05) is 37.3 Å². The molecule has 1 heterocycles. The lowest BCUT2D eigenvalue weighted by molar-refractivity contribution is 0.212. The fourth-order valence-corrected chi connectivity index (χ4v) is 1.52. The van der Waals surface area contributed by atoms with E-state index in [2.05, 4.69) is 15.3 Å². The number of nitrogens with one attached hydrogen (secondary N) is 1. The quantitative estimate of drug-likeness (QED) is 0.774. The van der Waals surface area contributed by atoms with Crippen molar-refractivity contribution >= 4 is 5.82 Å². The van der Waals surface area contributed by atoms with Crippen molar-refractivity contribution in [1.82, 2.24) is 9.97 Å². The second kappa shape index (κ2) is 7.20. The molecule has 0 aliphatic heterocycles. The van der Waals surface area contributed by atoms with E-state index in [0.29, 0.717) is 19.1 Å². The van der Waals surface area contributed by atoms with Crippen LogP contribution in [-0.4, -0.2) is 29.7 Å². The lowest BCUT2D eigenvalue weighted by atomic mass is 10.3. The number of benzene rings is 1. The molecule has 0 aliphatic carbocycles. The van der Waals surface area contributed by atoms with Gasteiger partial charge in [-0.1, -0.05) is 18.2 Å². The molecule has 100 valence electrons. The first-order valence-electron chi connectivity index (χ1n) is 6.25. The van der Waals surface area contributed by atoms with Crippen LogP contribution in [0.25, 0.3) is 0 Å². The standard InChI is InChI=1S/C14H17N3O2/c1-2-15-13-10-14(17-11-16-13)19-9-8-18-12-6-4-3-5-7-12/h3-7,10-11H,2,8-9H2,1H3,(H,15,16,17). The topological polar surface area (TPSA) is 56.3 Å². The Morgan fingerprint density at radius 3 is 2.63 bits per heavy atom. The molecule has 2 rings (SSSR count). The van der Waals surface area contributed by atoms with Gasteiger partial charge in [0.2, 0.25) is 5.88 Å². The minimum absolute atomic E-state index is 0.442. The monoisotopic (exact) mass is 259 g/mol. The predicted octanol–water partition coefficient (Wildman–Crippen LogP) is 2.37. The zero-order valence-electron chi connectivity index (χ0n) is 10.9. The molecule has 2 aromatic rings. The first-order chi connectivity index (χ1) is 9.38. The molecule has 5 heteroatoms. The summed E-state index contributed by atoms with van der Waals surface area (Å²) in [6.45, 7) is 3.74. The summed E-state index contributed by atoms with van der Waals surface area (Å²) in [6, 6.07) is 11.4. The number of anilines is 1. The molecular formula is C14H17N3O2. The first-order valence-corrected chi connectivity index (χ1v) is 6.25. The maximum atomic E-state index is 5.52. The molecule has 0 fully saturated rings. The van der Waals surface area contributed by atoms with Crippen molar-refractivity contribution in [3.8, 4) is 11.6 Å². The third-order valence-electron chi connectivity index (χ3n) is 2.35. The highest BCUT2D eigenvalue weighted by Crippen LogP contribution is 2.11. The normalized spacial score (nSPS) is 9.95. The van der Waals surface area contributed by atoms with Crippen LogP contribution in [0.5, 0.6) is 11.6 Å². The van der Waals surface area contributed by atoms with Crippen molar-refractivity contribution in [2.24, 2.45) is 0 Å². The molecule has 0 saturated heterocycles. The predicted molar refractivity (Wildman–Crippen MR) is 73.6 cm³/mol. The largest absolute Gasteiger partial charge is 0.490 e. The van der Waals surface area contributed by atoms with Crippen LogP contribution < -0.4 is 14.8 Å². The SMILES string of the molecule is CCNc1cc(OCCOc2ccccc2)ncn1. The van der Waals surface area contributed by atoms with Gasteiger partial charge in [0.05, 0.1) is 0 Å². The van der Waals surface area contributed by atoms with Crippen molar-refractivity contribution in [2.75, 3.05) is 25.1 Å². The van der Waals surface area contributed by atoms with Crippen LogP contribution in [0, 0.1) is 0 Å². The fourth-order valence-electron chi connectivity index (χ4n) is 1.52. The van der Waals surface area contributed by atoms with Gasteiger partial charge in [-0.2, -0.15) is 0 Å². The first kappa shape index (κ1) is 13.1. The molecule has 0 aliphatic rings. The molecule has 0 unspecified atom stereocenters. The average Bonchev–Trinajstić information content (AvgIpc) is 2.46. The van der Waals surface area contributed by atoms with E-state index in [9.17, 15) is 0 Å². The Bertz CT molecular complexity index is 491. The number of aromatic nitrogens is 2. The molecule has 0 radical (unpaired) electrons. The van der Waals surface area contributed by atoms with Crippen LogP contribution in [0.4, 0.5) is 5.82 Å². The number of hydrogen-bond donors (Lipinski definition) is 1. The van der Waals surface area contributed by atoms with Crippen molar-refractivity contribution in [3.05, 3.63) is 42.7 Å². The highest BCUT2D eigenvalue weighted by molar-refractivity contribution is 5.36. The Labute approximate surface area is 112 Å². The molecule has 0 saturated carbocycles. The second-order valence-electron chi connectivity index (χ2n) is 3.78. The maximum Gasteiger partial charge on any atom is 0.218 e. The second-order valence-corrected chi connectivity index (χ2v) is 3.78. The van der Waals surface area contributed by atoms with Gasteiger partial charge in [0, 0.05) is 12.6 Å². The van der Waals surface area contributed by atoms with E-state index in [1.165, 1.54) is 6.33 Å². The third kappa shape index (κ3) is 4.46. The Kier molecular flexibility index (Phi) is 4.98. The highest BCUT2D eigenvalue weighted by Gasteiger charge is 1.99. The van der Waals surface area contributed by atoms with Gasteiger partial charge in [0.15, 0.2) is 0 Å². The van der Waals surface area contributed by atoms with Gasteiger partial charge in [-0.15, -0.1) is 0 Å². The summed E-state index contributed by atoms with van der Waals surface area (Å²) < 4.78 is 11.0. The van der Waals surface area contributed by atoms with Gasteiger partial charge in [-0.3, -0.25) is 0 Å². The lowest BCUT2D eigenvalue weighted by Gasteiger charge is -2.08. The molecule has 5 nitrogen and oxygen atoms in total. The Balaban J connectivity index is 1.75. The molecule has 1 N–H and O–H groups in total. The average molecular weight is 259 g/mol.